The number of hydrogen-bond acceptors (Lipinski definition) is 4. The molecule has 0 bridgehead atoms. The van der Waals surface area contributed by atoms with Crippen LogP contribution in [0.15, 0.2) is 73.1 Å². The maximum atomic E-state index is 12.5. The normalized spacial score (nSPS) is 18.8. The Morgan fingerprint density at radius 2 is 1.75 bits per heavy atom. The second-order valence-corrected chi connectivity index (χ2v) is 8.81. The molecule has 3 aromatic rings. The number of carbonyl (C=O) groups is 1. The summed E-state index contributed by atoms with van der Waals surface area (Å²) in [5.74, 6) is -0.111. The fourth-order valence-corrected chi connectivity index (χ4v) is 5.00. The highest BCUT2D eigenvalue weighted by atomic mass is 16.1. The number of rotatable bonds is 5. The molecule has 2 aliphatic rings. The lowest BCUT2D eigenvalue weighted by atomic mass is 9.87. The van der Waals surface area contributed by atoms with Crippen LogP contribution in [0.4, 0.5) is 11.4 Å². The third-order valence-electron chi connectivity index (χ3n) is 6.71. The van der Waals surface area contributed by atoms with E-state index in [1.54, 1.807) is 24.5 Å². The molecule has 2 heterocycles. The van der Waals surface area contributed by atoms with Gasteiger partial charge >= 0.3 is 0 Å². The van der Waals surface area contributed by atoms with E-state index in [9.17, 15) is 4.79 Å². The summed E-state index contributed by atoms with van der Waals surface area (Å²) in [7, 11) is 0. The number of pyridine rings is 1. The summed E-state index contributed by atoms with van der Waals surface area (Å²) in [5.41, 5.74) is 5.61. The summed E-state index contributed by atoms with van der Waals surface area (Å²) in [6.07, 6.45) is 9.24. The van der Waals surface area contributed by atoms with E-state index < -0.39 is 0 Å². The van der Waals surface area contributed by atoms with Crippen LogP contribution in [-0.4, -0.2) is 30.0 Å². The molecule has 2 N–H and O–H groups in total. The zero-order valence-electron chi connectivity index (χ0n) is 18.3. The molecule has 5 heteroatoms. The predicted octanol–water partition coefficient (Wildman–Crippen LogP) is 4.97. The predicted molar refractivity (Wildman–Crippen MR) is 129 cm³/mol. The van der Waals surface area contributed by atoms with Crippen molar-refractivity contribution in [2.24, 2.45) is 0 Å². The molecule has 0 radical (unpaired) electrons. The molecule has 1 saturated heterocycles. The smallest absolute Gasteiger partial charge is 0.255 e. The Kier molecular flexibility index (Phi) is 6.17. The lowest BCUT2D eigenvalue weighted by Crippen LogP contribution is -2.44. The molecule has 1 unspecified atom stereocenters. The van der Waals surface area contributed by atoms with Gasteiger partial charge in [-0.05, 0) is 73.6 Å². The molecule has 5 nitrogen and oxygen atoms in total. The quantitative estimate of drug-likeness (QED) is 0.605. The zero-order valence-corrected chi connectivity index (χ0v) is 18.3. The first-order valence-corrected chi connectivity index (χ1v) is 11.7. The molecule has 1 aromatic heterocycles. The largest absolute Gasteiger partial charge is 0.371 e. The van der Waals surface area contributed by atoms with Crippen molar-refractivity contribution in [2.75, 3.05) is 23.3 Å². The molecule has 1 amide bonds. The number of carbonyl (C=O) groups excluding carboxylic acids is 1. The van der Waals surface area contributed by atoms with Gasteiger partial charge in [0.2, 0.25) is 0 Å². The molecule has 1 atom stereocenters. The van der Waals surface area contributed by atoms with Crippen molar-refractivity contribution < 1.29 is 4.79 Å². The maximum absolute atomic E-state index is 12.5. The Labute approximate surface area is 189 Å². The number of amides is 1. The molecule has 1 fully saturated rings. The summed E-state index contributed by atoms with van der Waals surface area (Å²) in [4.78, 5) is 18.9. The highest BCUT2D eigenvalue weighted by molar-refractivity contribution is 6.04. The third-order valence-corrected chi connectivity index (χ3v) is 6.71. The number of benzene rings is 2. The van der Waals surface area contributed by atoms with Gasteiger partial charge in [-0.2, -0.15) is 0 Å². The van der Waals surface area contributed by atoms with E-state index in [0.29, 0.717) is 17.6 Å². The zero-order chi connectivity index (χ0) is 21.8. The van der Waals surface area contributed by atoms with E-state index in [1.807, 2.05) is 12.1 Å². The van der Waals surface area contributed by atoms with Crippen molar-refractivity contribution >= 4 is 17.3 Å². The summed E-state index contributed by atoms with van der Waals surface area (Å²) in [6, 6.07) is 21.6. The Hall–Kier alpha value is -3.18. The first-order chi connectivity index (χ1) is 15.8. The van der Waals surface area contributed by atoms with Crippen LogP contribution in [0.3, 0.4) is 0 Å². The van der Waals surface area contributed by atoms with Gasteiger partial charge in [-0.15, -0.1) is 0 Å². The van der Waals surface area contributed by atoms with Gasteiger partial charge in [0.25, 0.3) is 5.91 Å². The molecule has 32 heavy (non-hydrogen) atoms. The number of nitrogens with zero attached hydrogens (tertiary/aromatic N) is 2. The lowest BCUT2D eigenvalue weighted by Gasteiger charge is -2.37. The van der Waals surface area contributed by atoms with Crippen LogP contribution in [0, 0.1) is 0 Å². The van der Waals surface area contributed by atoms with Crippen molar-refractivity contribution in [3.63, 3.8) is 0 Å². The van der Waals surface area contributed by atoms with E-state index >= 15 is 0 Å². The topological polar surface area (TPSA) is 57.3 Å². The molecular formula is C27H30N4O. The van der Waals surface area contributed by atoms with Crippen LogP contribution in [0.25, 0.3) is 0 Å². The number of piperidine rings is 1. The van der Waals surface area contributed by atoms with Crippen LogP contribution in [0.2, 0.25) is 0 Å². The standard InChI is InChI=1S/C27H30N4O/c32-27(21-11-15-28-16-12-21)30-23-7-4-8-24(19-23)31-17-13-22(14-18-31)29-26-10-3-6-20-5-1-2-9-25(20)26/h1-2,4-5,7-9,11-12,15-16,19,22,26,29H,3,6,10,13-14,17-18H2,(H,30,32). The van der Waals surface area contributed by atoms with Gasteiger partial charge in [0.1, 0.15) is 0 Å². The van der Waals surface area contributed by atoms with Gasteiger partial charge in [0.15, 0.2) is 0 Å². The molecule has 164 valence electrons. The molecule has 0 spiro atoms. The summed E-state index contributed by atoms with van der Waals surface area (Å²) >= 11 is 0. The van der Waals surface area contributed by atoms with Gasteiger partial charge < -0.3 is 15.5 Å². The molecular weight excluding hydrogens is 396 g/mol. The van der Waals surface area contributed by atoms with Crippen LogP contribution in [0.1, 0.15) is 53.2 Å². The minimum absolute atomic E-state index is 0.111. The van der Waals surface area contributed by atoms with E-state index in [0.717, 1.165) is 31.6 Å². The van der Waals surface area contributed by atoms with Crippen molar-refractivity contribution in [1.29, 1.82) is 0 Å². The first-order valence-electron chi connectivity index (χ1n) is 11.7. The monoisotopic (exact) mass is 426 g/mol. The first kappa shape index (κ1) is 20.7. The number of aromatic nitrogens is 1. The summed E-state index contributed by atoms with van der Waals surface area (Å²) in [6.45, 7) is 2.04. The molecule has 1 aliphatic heterocycles. The van der Waals surface area contributed by atoms with Gasteiger partial charge in [0, 0.05) is 54.5 Å². The molecule has 5 rings (SSSR count). The lowest BCUT2D eigenvalue weighted by molar-refractivity contribution is 0.102. The fraction of sp³-hybridized carbons (Fsp3) is 0.333. The number of anilines is 2. The minimum Gasteiger partial charge on any atom is -0.371 e. The average Bonchev–Trinajstić information content (AvgIpc) is 2.85. The van der Waals surface area contributed by atoms with Gasteiger partial charge in [-0.3, -0.25) is 9.78 Å². The molecule has 2 aromatic carbocycles. The Morgan fingerprint density at radius 3 is 2.59 bits per heavy atom. The second kappa shape index (κ2) is 9.53. The van der Waals surface area contributed by atoms with E-state index in [1.165, 1.54) is 36.1 Å². The van der Waals surface area contributed by atoms with Crippen LogP contribution in [-0.2, 0) is 6.42 Å². The van der Waals surface area contributed by atoms with Crippen molar-refractivity contribution in [3.05, 3.63) is 89.7 Å². The number of hydrogen-bond donors (Lipinski definition) is 2. The second-order valence-electron chi connectivity index (χ2n) is 8.81. The highest BCUT2D eigenvalue weighted by Crippen LogP contribution is 2.31. The summed E-state index contributed by atoms with van der Waals surface area (Å²) < 4.78 is 0. The van der Waals surface area contributed by atoms with E-state index in [-0.39, 0.29) is 5.91 Å². The SMILES string of the molecule is O=C(Nc1cccc(N2CCC(NC3CCCc4ccccc43)CC2)c1)c1ccncc1. The van der Waals surface area contributed by atoms with Gasteiger partial charge in [-0.25, -0.2) is 0 Å². The maximum Gasteiger partial charge on any atom is 0.255 e. The van der Waals surface area contributed by atoms with Crippen LogP contribution in [0.5, 0.6) is 0 Å². The van der Waals surface area contributed by atoms with Crippen LogP contribution >= 0.6 is 0 Å². The molecule has 1 aliphatic carbocycles. The van der Waals surface area contributed by atoms with E-state index in [2.05, 4.69) is 56.9 Å². The van der Waals surface area contributed by atoms with Gasteiger partial charge in [0.05, 0.1) is 0 Å². The van der Waals surface area contributed by atoms with E-state index in [4.69, 9.17) is 0 Å². The van der Waals surface area contributed by atoms with Crippen molar-refractivity contribution in [1.82, 2.24) is 10.3 Å². The van der Waals surface area contributed by atoms with Gasteiger partial charge in [-0.1, -0.05) is 30.3 Å². The van der Waals surface area contributed by atoms with Crippen molar-refractivity contribution in [3.8, 4) is 0 Å². The Morgan fingerprint density at radius 1 is 0.938 bits per heavy atom. The number of aryl methyl sites for hydroxylation is 1. The van der Waals surface area contributed by atoms with Crippen LogP contribution < -0.4 is 15.5 Å². The Bertz CT molecular complexity index is 1060. The highest BCUT2D eigenvalue weighted by Gasteiger charge is 2.25. The minimum atomic E-state index is -0.111. The number of fused-ring (bicyclic) bond motifs is 1. The average molecular weight is 427 g/mol. The molecule has 0 saturated carbocycles. The summed E-state index contributed by atoms with van der Waals surface area (Å²) in [5, 5.41) is 6.96. The Balaban J connectivity index is 1.18. The fourth-order valence-electron chi connectivity index (χ4n) is 5.00. The van der Waals surface area contributed by atoms with Crippen molar-refractivity contribution in [2.45, 2.75) is 44.2 Å². The number of nitrogens with one attached hydrogen (secondary N) is 2. The third kappa shape index (κ3) is 4.68.